The first-order valence-electron chi connectivity index (χ1n) is 6.35. The van der Waals surface area contributed by atoms with Gasteiger partial charge >= 0.3 is 0 Å². The molecule has 1 aromatic rings. The molecule has 0 unspecified atom stereocenters. The molecule has 0 fully saturated rings. The average molecular weight is 314 g/mol. The van der Waals surface area contributed by atoms with Gasteiger partial charge in [-0.05, 0) is 61.4 Å². The monoisotopic (exact) mass is 313 g/mol. The highest BCUT2D eigenvalue weighted by atomic mass is 79.9. The molecular weight excluding hydrogens is 290 g/mol. The summed E-state index contributed by atoms with van der Waals surface area (Å²) in [6.07, 6.45) is 2.07. The minimum atomic E-state index is 0.174. The predicted octanol–water partition coefficient (Wildman–Crippen LogP) is 3.99. The lowest BCUT2D eigenvalue weighted by molar-refractivity contribution is 0.342. The van der Waals surface area contributed by atoms with Crippen LogP contribution in [0.15, 0.2) is 10.5 Å². The van der Waals surface area contributed by atoms with E-state index in [1.807, 2.05) is 0 Å². The summed E-state index contributed by atoms with van der Waals surface area (Å²) >= 11 is 3.62. The third-order valence-corrected chi connectivity index (χ3v) is 4.42. The number of hydrogen-bond donors (Lipinski definition) is 1. The van der Waals surface area contributed by atoms with Crippen LogP contribution in [0, 0.1) is 19.3 Å². The van der Waals surface area contributed by atoms with Gasteiger partial charge in [0.15, 0.2) is 0 Å². The lowest BCUT2D eigenvalue weighted by Crippen LogP contribution is -2.24. The van der Waals surface area contributed by atoms with Crippen molar-refractivity contribution in [1.82, 2.24) is 0 Å². The standard InChI is InChI=1S/C15H24BrNO/c1-10-8-13(16)11(2)12(14(10)18-5)6-7-15(3,4)9-17/h8H,6-7,9,17H2,1-5H3. The lowest BCUT2D eigenvalue weighted by atomic mass is 9.85. The Morgan fingerprint density at radius 1 is 1.33 bits per heavy atom. The summed E-state index contributed by atoms with van der Waals surface area (Å²) in [5.74, 6) is 1.02. The first-order valence-corrected chi connectivity index (χ1v) is 7.14. The van der Waals surface area contributed by atoms with Crippen LogP contribution in [0.2, 0.25) is 0 Å². The second-order valence-corrected chi connectivity index (χ2v) is 6.53. The van der Waals surface area contributed by atoms with Crippen LogP contribution in [0.4, 0.5) is 0 Å². The molecule has 18 heavy (non-hydrogen) atoms. The molecule has 0 bridgehead atoms. The predicted molar refractivity (Wildman–Crippen MR) is 81.3 cm³/mol. The number of benzene rings is 1. The fraction of sp³-hybridized carbons (Fsp3) is 0.600. The van der Waals surface area contributed by atoms with E-state index < -0.39 is 0 Å². The number of halogens is 1. The highest BCUT2D eigenvalue weighted by molar-refractivity contribution is 9.10. The Morgan fingerprint density at radius 3 is 2.44 bits per heavy atom. The molecule has 3 heteroatoms. The van der Waals surface area contributed by atoms with Crippen LogP contribution in [0.1, 0.15) is 37.0 Å². The number of ether oxygens (including phenoxy) is 1. The molecular formula is C15H24BrNO. The van der Waals surface area contributed by atoms with Crippen molar-refractivity contribution < 1.29 is 4.74 Å². The SMILES string of the molecule is COc1c(C)cc(Br)c(C)c1CCC(C)(C)CN. The quantitative estimate of drug-likeness (QED) is 0.892. The van der Waals surface area contributed by atoms with Crippen LogP contribution in [0.5, 0.6) is 5.75 Å². The molecule has 0 saturated carbocycles. The van der Waals surface area contributed by atoms with Gasteiger partial charge in [0.25, 0.3) is 0 Å². The summed E-state index contributed by atoms with van der Waals surface area (Å²) < 4.78 is 6.71. The Bertz CT molecular complexity index is 427. The lowest BCUT2D eigenvalue weighted by Gasteiger charge is -2.24. The maximum absolute atomic E-state index is 5.80. The molecule has 2 N–H and O–H groups in total. The van der Waals surface area contributed by atoms with Crippen LogP contribution < -0.4 is 10.5 Å². The van der Waals surface area contributed by atoms with E-state index in [0.29, 0.717) is 6.54 Å². The first-order chi connectivity index (χ1) is 8.32. The van der Waals surface area contributed by atoms with Gasteiger partial charge in [-0.2, -0.15) is 0 Å². The van der Waals surface area contributed by atoms with Gasteiger partial charge in [0.2, 0.25) is 0 Å². The smallest absolute Gasteiger partial charge is 0.125 e. The number of methoxy groups -OCH3 is 1. The van der Waals surface area contributed by atoms with Gasteiger partial charge < -0.3 is 10.5 Å². The maximum atomic E-state index is 5.80. The molecule has 0 saturated heterocycles. The zero-order valence-electron chi connectivity index (χ0n) is 12.1. The second kappa shape index (κ2) is 6.07. The molecule has 1 rings (SSSR count). The summed E-state index contributed by atoms with van der Waals surface area (Å²) in [4.78, 5) is 0. The van der Waals surface area contributed by atoms with Crippen molar-refractivity contribution >= 4 is 15.9 Å². The van der Waals surface area contributed by atoms with Crippen molar-refractivity contribution in [2.75, 3.05) is 13.7 Å². The van der Waals surface area contributed by atoms with Gasteiger partial charge in [-0.15, -0.1) is 0 Å². The molecule has 0 aromatic heterocycles. The summed E-state index contributed by atoms with van der Waals surface area (Å²) in [5, 5.41) is 0. The molecule has 102 valence electrons. The van der Waals surface area contributed by atoms with E-state index in [2.05, 4.69) is 49.7 Å². The van der Waals surface area contributed by atoms with Gasteiger partial charge in [-0.3, -0.25) is 0 Å². The van der Waals surface area contributed by atoms with Crippen molar-refractivity contribution in [3.05, 3.63) is 27.2 Å². The summed E-state index contributed by atoms with van der Waals surface area (Å²) in [6.45, 7) is 9.35. The van der Waals surface area contributed by atoms with Crippen molar-refractivity contribution in [3.8, 4) is 5.75 Å². The Hall–Kier alpha value is -0.540. The highest BCUT2D eigenvalue weighted by Gasteiger charge is 2.19. The van der Waals surface area contributed by atoms with Gasteiger partial charge in [0.05, 0.1) is 7.11 Å². The molecule has 0 spiro atoms. The minimum absolute atomic E-state index is 0.174. The molecule has 0 amide bonds. The van der Waals surface area contributed by atoms with E-state index >= 15 is 0 Å². The fourth-order valence-corrected chi connectivity index (χ4v) is 2.65. The van der Waals surface area contributed by atoms with Crippen LogP contribution in [-0.4, -0.2) is 13.7 Å². The topological polar surface area (TPSA) is 35.2 Å². The van der Waals surface area contributed by atoms with E-state index in [4.69, 9.17) is 10.5 Å². The zero-order chi connectivity index (χ0) is 13.9. The summed E-state index contributed by atoms with van der Waals surface area (Å²) in [6, 6.07) is 2.12. The molecule has 0 aliphatic heterocycles. The summed E-state index contributed by atoms with van der Waals surface area (Å²) in [7, 11) is 1.74. The Labute approximate surface area is 119 Å². The molecule has 1 aromatic carbocycles. The second-order valence-electron chi connectivity index (χ2n) is 5.68. The third-order valence-electron chi connectivity index (χ3n) is 3.59. The molecule has 0 atom stereocenters. The number of aryl methyl sites for hydroxylation is 1. The van der Waals surface area contributed by atoms with Gasteiger partial charge in [-0.25, -0.2) is 0 Å². The van der Waals surface area contributed by atoms with Crippen molar-refractivity contribution in [3.63, 3.8) is 0 Å². The van der Waals surface area contributed by atoms with Crippen molar-refractivity contribution in [2.45, 2.75) is 40.5 Å². The van der Waals surface area contributed by atoms with Crippen LogP contribution >= 0.6 is 15.9 Å². The van der Waals surface area contributed by atoms with E-state index in [-0.39, 0.29) is 5.41 Å². The number of hydrogen-bond acceptors (Lipinski definition) is 2. The average Bonchev–Trinajstić information content (AvgIpc) is 2.32. The van der Waals surface area contributed by atoms with E-state index in [1.54, 1.807) is 7.11 Å². The van der Waals surface area contributed by atoms with Crippen molar-refractivity contribution in [2.24, 2.45) is 11.1 Å². The summed E-state index contributed by atoms with van der Waals surface area (Å²) in [5.41, 5.74) is 9.71. The van der Waals surface area contributed by atoms with Crippen LogP contribution in [-0.2, 0) is 6.42 Å². The van der Waals surface area contributed by atoms with E-state index in [0.717, 1.165) is 23.1 Å². The first kappa shape index (κ1) is 15.5. The zero-order valence-corrected chi connectivity index (χ0v) is 13.6. The Kier molecular flexibility index (Phi) is 5.23. The van der Waals surface area contributed by atoms with Gasteiger partial charge in [-0.1, -0.05) is 29.8 Å². The normalized spacial score (nSPS) is 11.7. The maximum Gasteiger partial charge on any atom is 0.125 e. The fourth-order valence-electron chi connectivity index (χ4n) is 2.07. The van der Waals surface area contributed by atoms with Crippen molar-refractivity contribution in [1.29, 1.82) is 0 Å². The Morgan fingerprint density at radius 2 is 1.94 bits per heavy atom. The van der Waals surface area contributed by atoms with E-state index in [1.165, 1.54) is 16.7 Å². The molecule has 0 heterocycles. The largest absolute Gasteiger partial charge is 0.496 e. The van der Waals surface area contributed by atoms with Crippen LogP contribution in [0.25, 0.3) is 0 Å². The molecule has 0 radical (unpaired) electrons. The van der Waals surface area contributed by atoms with Crippen LogP contribution in [0.3, 0.4) is 0 Å². The molecule has 2 nitrogen and oxygen atoms in total. The number of rotatable bonds is 5. The Balaban J connectivity index is 3.07. The highest BCUT2D eigenvalue weighted by Crippen LogP contribution is 2.34. The van der Waals surface area contributed by atoms with E-state index in [9.17, 15) is 0 Å². The van der Waals surface area contributed by atoms with Gasteiger partial charge in [0.1, 0.15) is 5.75 Å². The number of nitrogens with two attached hydrogens (primary N) is 1. The van der Waals surface area contributed by atoms with Gasteiger partial charge in [0, 0.05) is 4.47 Å². The third kappa shape index (κ3) is 3.48. The molecule has 0 aliphatic carbocycles. The minimum Gasteiger partial charge on any atom is -0.496 e. The molecule has 0 aliphatic rings.